The highest BCUT2D eigenvalue weighted by Crippen LogP contribution is 2.12. The lowest BCUT2D eigenvalue weighted by molar-refractivity contribution is 0.0295. The van der Waals surface area contributed by atoms with Crippen LogP contribution in [0.3, 0.4) is 0 Å². The van der Waals surface area contributed by atoms with Crippen LogP contribution in [-0.4, -0.2) is 51.5 Å². The molecule has 1 fully saturated rings. The average molecular weight is 441 g/mol. The number of aromatic nitrogens is 3. The maximum atomic E-state index is 13.2. The van der Waals surface area contributed by atoms with Gasteiger partial charge in [-0.25, -0.2) is 4.79 Å². The van der Waals surface area contributed by atoms with Gasteiger partial charge >= 0.3 is 5.69 Å². The average Bonchev–Trinajstić information content (AvgIpc) is 2.78. The Morgan fingerprint density at radius 1 is 1.10 bits per heavy atom. The lowest BCUT2D eigenvalue weighted by atomic mass is 10.1. The van der Waals surface area contributed by atoms with E-state index in [4.69, 9.17) is 16.3 Å². The third-order valence-corrected chi connectivity index (χ3v) is 5.31. The molecule has 160 valence electrons. The Bertz CT molecular complexity index is 1230. The predicted molar refractivity (Wildman–Crippen MR) is 116 cm³/mol. The van der Waals surface area contributed by atoms with E-state index in [0.29, 0.717) is 37.0 Å². The molecule has 1 amide bonds. The predicted octanol–water partition coefficient (Wildman–Crippen LogP) is 1.88. The van der Waals surface area contributed by atoms with Gasteiger partial charge in [-0.2, -0.15) is 9.78 Å². The molecule has 0 N–H and O–H groups in total. The summed E-state index contributed by atoms with van der Waals surface area (Å²) in [5.74, 6) is -0.519. The minimum atomic E-state index is -0.715. The summed E-state index contributed by atoms with van der Waals surface area (Å²) in [4.78, 5) is 41.0. The minimum Gasteiger partial charge on any atom is -0.378 e. The monoisotopic (exact) mass is 440 g/mol. The van der Waals surface area contributed by atoms with Gasteiger partial charge in [-0.1, -0.05) is 41.4 Å². The maximum Gasteiger partial charge on any atom is 0.352 e. The largest absolute Gasteiger partial charge is 0.378 e. The summed E-state index contributed by atoms with van der Waals surface area (Å²) in [5, 5.41) is 4.66. The number of benzene rings is 2. The molecular formula is C22H21ClN4O4. The molecule has 1 aliphatic rings. The number of carbonyl (C=O) groups excluding carboxylic acids is 1. The zero-order chi connectivity index (χ0) is 22.0. The van der Waals surface area contributed by atoms with Crippen molar-refractivity contribution >= 4 is 17.5 Å². The first kappa shape index (κ1) is 21.0. The van der Waals surface area contributed by atoms with Crippen molar-refractivity contribution in [3.8, 4) is 5.69 Å². The summed E-state index contributed by atoms with van der Waals surface area (Å²) >= 11 is 5.97. The molecule has 2 heterocycles. The Morgan fingerprint density at radius 3 is 2.48 bits per heavy atom. The molecule has 0 atom stereocenters. The Labute approximate surface area is 183 Å². The first-order valence-electron chi connectivity index (χ1n) is 9.87. The second-order valence-electron chi connectivity index (χ2n) is 7.30. The highest BCUT2D eigenvalue weighted by atomic mass is 35.5. The summed E-state index contributed by atoms with van der Waals surface area (Å²) in [6.45, 7) is 3.45. The smallest absolute Gasteiger partial charge is 0.352 e. The number of morpholine rings is 1. The van der Waals surface area contributed by atoms with Crippen LogP contribution in [0.1, 0.15) is 21.6 Å². The van der Waals surface area contributed by atoms with Crippen LogP contribution >= 0.6 is 11.6 Å². The number of amides is 1. The van der Waals surface area contributed by atoms with Crippen molar-refractivity contribution in [1.29, 1.82) is 0 Å². The van der Waals surface area contributed by atoms with E-state index in [9.17, 15) is 14.4 Å². The van der Waals surface area contributed by atoms with Crippen LogP contribution in [0.2, 0.25) is 5.02 Å². The van der Waals surface area contributed by atoms with E-state index in [1.54, 1.807) is 24.3 Å². The van der Waals surface area contributed by atoms with E-state index >= 15 is 0 Å². The van der Waals surface area contributed by atoms with Crippen LogP contribution in [0.5, 0.6) is 0 Å². The van der Waals surface area contributed by atoms with Crippen LogP contribution in [0.25, 0.3) is 5.69 Å². The summed E-state index contributed by atoms with van der Waals surface area (Å²) in [7, 11) is 0. The molecule has 4 rings (SSSR count). The molecule has 8 nitrogen and oxygen atoms in total. The van der Waals surface area contributed by atoms with Gasteiger partial charge in [-0.3, -0.25) is 14.2 Å². The molecule has 0 bridgehead atoms. The molecule has 1 saturated heterocycles. The van der Waals surface area contributed by atoms with Gasteiger partial charge in [0.25, 0.3) is 11.5 Å². The minimum absolute atomic E-state index is 0.0266. The number of hydrogen-bond donors (Lipinski definition) is 0. The number of rotatable bonds is 4. The number of carbonyl (C=O) groups is 1. The van der Waals surface area contributed by atoms with Crippen LogP contribution in [-0.2, 0) is 11.3 Å². The number of halogens is 1. The van der Waals surface area contributed by atoms with E-state index in [1.807, 2.05) is 31.2 Å². The number of ether oxygens (including phenoxy) is 1. The quantitative estimate of drug-likeness (QED) is 0.618. The second-order valence-corrected chi connectivity index (χ2v) is 7.74. The summed E-state index contributed by atoms with van der Waals surface area (Å²) in [6, 6.07) is 14.0. The highest BCUT2D eigenvalue weighted by Gasteiger charge is 2.26. The van der Waals surface area contributed by atoms with Crippen LogP contribution in [0.4, 0.5) is 0 Å². The molecular weight excluding hydrogens is 420 g/mol. The van der Waals surface area contributed by atoms with Crippen molar-refractivity contribution < 1.29 is 9.53 Å². The van der Waals surface area contributed by atoms with Crippen LogP contribution < -0.4 is 11.2 Å². The van der Waals surface area contributed by atoms with E-state index in [-0.39, 0.29) is 12.2 Å². The molecule has 3 aromatic rings. The molecule has 2 aromatic carbocycles. The van der Waals surface area contributed by atoms with Gasteiger partial charge in [0.1, 0.15) is 0 Å². The molecule has 0 unspecified atom stereocenters. The highest BCUT2D eigenvalue weighted by molar-refractivity contribution is 6.30. The Morgan fingerprint density at radius 2 is 1.81 bits per heavy atom. The van der Waals surface area contributed by atoms with Gasteiger partial charge in [0.05, 0.1) is 25.4 Å². The molecule has 0 spiro atoms. The first-order chi connectivity index (χ1) is 14.9. The Hall–Kier alpha value is -3.23. The van der Waals surface area contributed by atoms with Gasteiger partial charge in [0.15, 0.2) is 0 Å². The second kappa shape index (κ2) is 8.87. The first-order valence-corrected chi connectivity index (χ1v) is 10.2. The van der Waals surface area contributed by atoms with Gasteiger partial charge in [0, 0.05) is 18.1 Å². The molecule has 1 aromatic heterocycles. The summed E-state index contributed by atoms with van der Waals surface area (Å²) in [5.41, 5.74) is 0.535. The van der Waals surface area contributed by atoms with Gasteiger partial charge in [-0.05, 0) is 36.8 Å². The van der Waals surface area contributed by atoms with Crippen molar-refractivity contribution in [3.05, 3.63) is 91.2 Å². The number of nitrogens with zero attached hydrogens (tertiary/aromatic N) is 4. The third kappa shape index (κ3) is 4.45. The fraction of sp³-hybridized carbons (Fsp3) is 0.273. The van der Waals surface area contributed by atoms with E-state index in [2.05, 4.69) is 5.10 Å². The van der Waals surface area contributed by atoms with Gasteiger partial charge in [-0.15, -0.1) is 0 Å². The summed E-state index contributed by atoms with van der Waals surface area (Å²) in [6.07, 6.45) is 0. The third-order valence-electron chi connectivity index (χ3n) is 5.06. The SMILES string of the molecule is Cc1cccc(Cn2c(=O)c(C(=O)N3CCOCC3)nn(-c3ccc(Cl)cc3)c2=O)c1. The van der Waals surface area contributed by atoms with Crippen LogP contribution in [0, 0.1) is 6.92 Å². The molecule has 31 heavy (non-hydrogen) atoms. The van der Waals surface area contributed by atoms with E-state index in [0.717, 1.165) is 20.4 Å². The fourth-order valence-electron chi connectivity index (χ4n) is 3.45. The van der Waals surface area contributed by atoms with Gasteiger partial charge in [0.2, 0.25) is 5.69 Å². The molecule has 9 heteroatoms. The zero-order valence-electron chi connectivity index (χ0n) is 17.0. The molecule has 1 aliphatic heterocycles. The summed E-state index contributed by atoms with van der Waals surface area (Å²) < 4.78 is 7.40. The standard InChI is InChI=1S/C22H21ClN4O4/c1-15-3-2-4-16(13-15)14-26-21(29)19(20(28)25-9-11-31-12-10-25)24-27(22(26)30)18-7-5-17(23)6-8-18/h2-8,13H,9-12,14H2,1H3. The zero-order valence-corrected chi connectivity index (χ0v) is 17.7. The van der Waals surface area contributed by atoms with Crippen molar-refractivity contribution in [3.63, 3.8) is 0 Å². The van der Waals surface area contributed by atoms with E-state index in [1.165, 1.54) is 4.90 Å². The van der Waals surface area contributed by atoms with Crippen molar-refractivity contribution in [2.24, 2.45) is 0 Å². The topological polar surface area (TPSA) is 86.4 Å². The van der Waals surface area contributed by atoms with Crippen molar-refractivity contribution in [2.45, 2.75) is 13.5 Å². The number of hydrogen-bond acceptors (Lipinski definition) is 5. The molecule has 0 radical (unpaired) electrons. The van der Waals surface area contributed by atoms with Gasteiger partial charge < -0.3 is 9.64 Å². The normalized spacial score (nSPS) is 13.9. The molecule has 0 saturated carbocycles. The molecule has 0 aliphatic carbocycles. The fourth-order valence-corrected chi connectivity index (χ4v) is 3.57. The Balaban J connectivity index is 1.87. The Kier molecular flexibility index (Phi) is 6.01. The lowest BCUT2D eigenvalue weighted by Gasteiger charge is -2.26. The van der Waals surface area contributed by atoms with Crippen molar-refractivity contribution in [2.75, 3.05) is 26.3 Å². The number of aryl methyl sites for hydroxylation is 1. The lowest BCUT2D eigenvalue weighted by Crippen LogP contribution is -2.48. The van der Waals surface area contributed by atoms with Crippen LogP contribution in [0.15, 0.2) is 58.1 Å². The van der Waals surface area contributed by atoms with Crippen molar-refractivity contribution in [1.82, 2.24) is 19.2 Å². The maximum absolute atomic E-state index is 13.2. The van der Waals surface area contributed by atoms with E-state index < -0.39 is 17.2 Å².